The lowest BCUT2D eigenvalue weighted by molar-refractivity contribution is 0.0690. The molecule has 1 heterocycles. The minimum absolute atomic E-state index is 0.126. The average Bonchev–Trinajstić information content (AvgIpc) is 2.25. The Labute approximate surface area is 104 Å². The summed E-state index contributed by atoms with van der Waals surface area (Å²) in [6.07, 6.45) is 4.31. The number of methoxy groups -OCH3 is 1. The van der Waals surface area contributed by atoms with E-state index in [9.17, 15) is 14.7 Å². The molecule has 1 saturated carbocycles. The van der Waals surface area contributed by atoms with Crippen LogP contribution in [0.5, 0.6) is 0 Å². The highest BCUT2D eigenvalue weighted by atomic mass is 16.5. The second kappa shape index (κ2) is 5.30. The summed E-state index contributed by atoms with van der Waals surface area (Å²) >= 11 is 0. The quantitative estimate of drug-likeness (QED) is 0.840. The third kappa shape index (κ3) is 2.28. The molecule has 0 spiro atoms. The number of aromatic carboxylic acids is 1. The Hall–Kier alpha value is -1.69. The van der Waals surface area contributed by atoms with E-state index in [1.54, 1.807) is 0 Å². The average molecular weight is 252 g/mol. The van der Waals surface area contributed by atoms with E-state index in [1.807, 2.05) is 0 Å². The van der Waals surface area contributed by atoms with Crippen LogP contribution >= 0.6 is 0 Å². The molecule has 0 aliphatic heterocycles. The number of carboxylic acids is 1. The Morgan fingerprint density at radius 3 is 2.83 bits per heavy atom. The molecule has 0 bridgehead atoms. The van der Waals surface area contributed by atoms with Crippen LogP contribution in [0.15, 0.2) is 11.1 Å². The maximum Gasteiger partial charge on any atom is 0.343 e. The smallest absolute Gasteiger partial charge is 0.343 e. The van der Waals surface area contributed by atoms with E-state index in [-0.39, 0.29) is 11.5 Å². The van der Waals surface area contributed by atoms with Crippen LogP contribution < -0.4 is 5.56 Å². The fourth-order valence-corrected chi connectivity index (χ4v) is 2.04. The van der Waals surface area contributed by atoms with Gasteiger partial charge >= 0.3 is 5.97 Å². The molecule has 1 aromatic rings. The number of carbonyl (C=O) groups is 1. The van der Waals surface area contributed by atoms with Gasteiger partial charge in [0.25, 0.3) is 5.56 Å². The van der Waals surface area contributed by atoms with Gasteiger partial charge in [0.05, 0.1) is 25.2 Å². The number of hydrogen-bond donors (Lipinski definition) is 1. The van der Waals surface area contributed by atoms with Crippen molar-refractivity contribution in [2.24, 2.45) is 0 Å². The number of ether oxygens (including phenoxy) is 1. The first-order valence-corrected chi connectivity index (χ1v) is 5.96. The molecule has 1 aromatic heterocycles. The molecular formula is C12H16N2O4. The van der Waals surface area contributed by atoms with E-state index in [4.69, 9.17) is 4.74 Å². The van der Waals surface area contributed by atoms with Crippen molar-refractivity contribution in [1.82, 2.24) is 9.55 Å². The first-order chi connectivity index (χ1) is 8.65. The van der Waals surface area contributed by atoms with E-state index in [1.165, 1.54) is 18.0 Å². The minimum Gasteiger partial charge on any atom is -0.477 e. The van der Waals surface area contributed by atoms with E-state index in [0.29, 0.717) is 18.8 Å². The fourth-order valence-electron chi connectivity index (χ4n) is 2.04. The predicted octanol–water partition coefficient (Wildman–Crippen LogP) is 0.855. The SMILES string of the molecule is COCCn1cnc(C2CCC2)c(C(=O)O)c1=O. The highest BCUT2D eigenvalue weighted by Gasteiger charge is 2.28. The second-order valence-electron chi connectivity index (χ2n) is 4.43. The Morgan fingerprint density at radius 1 is 1.61 bits per heavy atom. The Bertz CT molecular complexity index is 505. The zero-order valence-electron chi connectivity index (χ0n) is 10.3. The van der Waals surface area contributed by atoms with Crippen LogP contribution in [0.25, 0.3) is 0 Å². The standard InChI is InChI=1S/C12H16N2O4/c1-18-6-5-14-7-13-10(8-3-2-4-8)9(11(14)15)12(16)17/h7-8H,2-6H2,1H3,(H,16,17). The van der Waals surface area contributed by atoms with E-state index >= 15 is 0 Å². The molecule has 0 atom stereocenters. The maximum absolute atomic E-state index is 12.1. The molecular weight excluding hydrogens is 236 g/mol. The summed E-state index contributed by atoms with van der Waals surface area (Å²) in [5, 5.41) is 9.18. The molecule has 0 radical (unpaired) electrons. The molecule has 6 heteroatoms. The van der Waals surface area contributed by atoms with Gasteiger partial charge in [-0.3, -0.25) is 9.36 Å². The first-order valence-electron chi connectivity index (χ1n) is 5.96. The van der Waals surface area contributed by atoms with Crippen molar-refractivity contribution in [3.05, 3.63) is 27.9 Å². The van der Waals surface area contributed by atoms with E-state index in [2.05, 4.69) is 4.98 Å². The zero-order valence-corrected chi connectivity index (χ0v) is 10.3. The number of hydrogen-bond acceptors (Lipinski definition) is 4. The molecule has 1 aliphatic rings. The number of rotatable bonds is 5. The van der Waals surface area contributed by atoms with Gasteiger partial charge in [-0.2, -0.15) is 0 Å². The van der Waals surface area contributed by atoms with Gasteiger partial charge in [-0.25, -0.2) is 9.78 Å². The van der Waals surface area contributed by atoms with Crippen molar-refractivity contribution in [2.45, 2.75) is 31.7 Å². The molecule has 1 N–H and O–H groups in total. The van der Waals surface area contributed by atoms with Gasteiger partial charge in [0.2, 0.25) is 0 Å². The molecule has 2 rings (SSSR count). The lowest BCUT2D eigenvalue weighted by Crippen LogP contribution is -2.32. The van der Waals surface area contributed by atoms with Crippen molar-refractivity contribution in [3.8, 4) is 0 Å². The van der Waals surface area contributed by atoms with Crippen molar-refractivity contribution < 1.29 is 14.6 Å². The van der Waals surface area contributed by atoms with Crippen LogP contribution in [0, 0.1) is 0 Å². The number of aromatic nitrogens is 2. The maximum atomic E-state index is 12.1. The molecule has 0 aromatic carbocycles. The van der Waals surface area contributed by atoms with Crippen molar-refractivity contribution >= 4 is 5.97 Å². The zero-order chi connectivity index (χ0) is 13.1. The van der Waals surface area contributed by atoms with Crippen LogP contribution in [0.4, 0.5) is 0 Å². The lowest BCUT2D eigenvalue weighted by atomic mass is 9.81. The monoisotopic (exact) mass is 252 g/mol. The summed E-state index contributed by atoms with van der Waals surface area (Å²) in [5.41, 5.74) is -0.234. The summed E-state index contributed by atoms with van der Waals surface area (Å²) in [7, 11) is 1.53. The molecule has 0 saturated heterocycles. The Balaban J connectivity index is 2.41. The highest BCUT2D eigenvalue weighted by molar-refractivity contribution is 5.88. The summed E-state index contributed by atoms with van der Waals surface area (Å²) in [6.45, 7) is 0.664. The lowest BCUT2D eigenvalue weighted by Gasteiger charge is -2.25. The molecule has 1 fully saturated rings. The first kappa shape index (κ1) is 12.8. The normalized spacial score (nSPS) is 15.4. The molecule has 0 unspecified atom stereocenters. The van der Waals surface area contributed by atoms with Crippen molar-refractivity contribution in [1.29, 1.82) is 0 Å². The summed E-state index contributed by atoms with van der Waals surface area (Å²) < 4.78 is 6.16. The van der Waals surface area contributed by atoms with Gasteiger partial charge in [-0.1, -0.05) is 6.42 Å². The third-order valence-electron chi connectivity index (χ3n) is 3.31. The van der Waals surface area contributed by atoms with Crippen LogP contribution in [-0.4, -0.2) is 34.3 Å². The molecule has 18 heavy (non-hydrogen) atoms. The molecule has 0 amide bonds. The van der Waals surface area contributed by atoms with Gasteiger partial charge in [-0.15, -0.1) is 0 Å². The Kier molecular flexibility index (Phi) is 3.76. The highest BCUT2D eigenvalue weighted by Crippen LogP contribution is 2.35. The largest absolute Gasteiger partial charge is 0.477 e. The number of carboxylic acid groups (broad SMARTS) is 1. The van der Waals surface area contributed by atoms with E-state index in [0.717, 1.165) is 19.3 Å². The molecule has 98 valence electrons. The predicted molar refractivity (Wildman–Crippen MR) is 63.9 cm³/mol. The third-order valence-corrected chi connectivity index (χ3v) is 3.31. The van der Waals surface area contributed by atoms with Crippen LogP contribution in [-0.2, 0) is 11.3 Å². The van der Waals surface area contributed by atoms with Crippen molar-refractivity contribution in [3.63, 3.8) is 0 Å². The summed E-state index contributed by atoms with van der Waals surface area (Å²) in [4.78, 5) is 27.5. The van der Waals surface area contributed by atoms with Crippen LogP contribution in [0.2, 0.25) is 0 Å². The van der Waals surface area contributed by atoms with Gasteiger partial charge < -0.3 is 9.84 Å². The van der Waals surface area contributed by atoms with Crippen LogP contribution in [0.1, 0.15) is 41.2 Å². The molecule has 1 aliphatic carbocycles. The van der Waals surface area contributed by atoms with E-state index < -0.39 is 11.5 Å². The van der Waals surface area contributed by atoms with Gasteiger partial charge in [0, 0.05) is 13.0 Å². The van der Waals surface area contributed by atoms with Gasteiger partial charge in [0.15, 0.2) is 0 Å². The van der Waals surface area contributed by atoms with Crippen molar-refractivity contribution in [2.75, 3.05) is 13.7 Å². The van der Waals surface area contributed by atoms with Gasteiger partial charge in [-0.05, 0) is 12.8 Å². The topological polar surface area (TPSA) is 81.4 Å². The summed E-state index contributed by atoms with van der Waals surface area (Å²) in [6, 6.07) is 0. The molecule has 6 nitrogen and oxygen atoms in total. The second-order valence-corrected chi connectivity index (χ2v) is 4.43. The fraction of sp³-hybridized carbons (Fsp3) is 0.583. The number of nitrogens with zero attached hydrogens (tertiary/aromatic N) is 2. The Morgan fingerprint density at radius 2 is 2.33 bits per heavy atom. The summed E-state index contributed by atoms with van der Waals surface area (Å²) in [5.74, 6) is -1.07. The van der Waals surface area contributed by atoms with Gasteiger partial charge in [0.1, 0.15) is 5.56 Å². The van der Waals surface area contributed by atoms with Crippen LogP contribution in [0.3, 0.4) is 0 Å². The minimum atomic E-state index is -1.19.